The summed E-state index contributed by atoms with van der Waals surface area (Å²) in [4.78, 5) is 8.27. The van der Waals surface area contributed by atoms with Crippen LogP contribution >= 0.6 is 34.8 Å². The molecule has 0 saturated carbocycles. The summed E-state index contributed by atoms with van der Waals surface area (Å²) >= 11 is 17.8. The SMILES string of the molecule is Nc1c2c(C(F)(F)F)cc(-c3ccc(Cl)cc3)nc2nn1-c1ncc(Cl)cc1Cl. The summed E-state index contributed by atoms with van der Waals surface area (Å²) in [5.74, 6) is -0.257. The summed E-state index contributed by atoms with van der Waals surface area (Å²) in [7, 11) is 0. The topological polar surface area (TPSA) is 69.6 Å². The van der Waals surface area contributed by atoms with Crippen molar-refractivity contribution < 1.29 is 13.2 Å². The molecule has 0 aliphatic heterocycles. The third kappa shape index (κ3) is 3.59. The van der Waals surface area contributed by atoms with E-state index in [0.29, 0.717) is 10.6 Å². The summed E-state index contributed by atoms with van der Waals surface area (Å²) in [6, 6.07) is 8.54. The fourth-order valence-corrected chi connectivity index (χ4v) is 3.41. The molecule has 3 heterocycles. The van der Waals surface area contributed by atoms with Crippen LogP contribution in [0.1, 0.15) is 5.56 Å². The Labute approximate surface area is 176 Å². The first-order valence-electron chi connectivity index (χ1n) is 7.99. The molecule has 1 aromatic carbocycles. The predicted molar refractivity (Wildman–Crippen MR) is 107 cm³/mol. The molecule has 29 heavy (non-hydrogen) atoms. The molecule has 0 aliphatic rings. The van der Waals surface area contributed by atoms with E-state index in [2.05, 4.69) is 15.1 Å². The number of hydrogen-bond acceptors (Lipinski definition) is 4. The van der Waals surface area contributed by atoms with Gasteiger partial charge in [-0.1, -0.05) is 46.9 Å². The Bertz CT molecular complexity index is 1240. The molecule has 0 fully saturated rings. The molecule has 0 aliphatic carbocycles. The maximum Gasteiger partial charge on any atom is 0.417 e. The molecule has 0 saturated heterocycles. The number of fused-ring (bicyclic) bond motifs is 1. The van der Waals surface area contributed by atoms with Crippen molar-refractivity contribution in [3.8, 4) is 17.1 Å². The summed E-state index contributed by atoms with van der Waals surface area (Å²) in [5.41, 5.74) is 5.34. The van der Waals surface area contributed by atoms with Crippen molar-refractivity contribution in [2.24, 2.45) is 0 Å². The van der Waals surface area contributed by atoms with E-state index < -0.39 is 11.7 Å². The van der Waals surface area contributed by atoms with Crippen LogP contribution < -0.4 is 5.73 Å². The van der Waals surface area contributed by atoms with Gasteiger partial charge in [-0.2, -0.15) is 17.9 Å². The van der Waals surface area contributed by atoms with Gasteiger partial charge in [-0.25, -0.2) is 9.97 Å². The number of nitrogen functional groups attached to an aromatic ring is 1. The van der Waals surface area contributed by atoms with Crippen LogP contribution in [0.3, 0.4) is 0 Å². The molecular formula is C18H9Cl3F3N5. The number of pyridine rings is 2. The molecule has 0 bridgehead atoms. The average Bonchev–Trinajstić information content (AvgIpc) is 2.97. The number of halogens is 6. The number of anilines is 1. The van der Waals surface area contributed by atoms with Crippen LogP contribution in [0.2, 0.25) is 15.1 Å². The molecule has 0 amide bonds. The Morgan fingerprint density at radius 3 is 2.28 bits per heavy atom. The fraction of sp³-hybridized carbons (Fsp3) is 0.0556. The van der Waals surface area contributed by atoms with E-state index in [-0.39, 0.29) is 38.4 Å². The minimum absolute atomic E-state index is 0.0349. The van der Waals surface area contributed by atoms with Gasteiger partial charge < -0.3 is 5.73 Å². The second kappa shape index (κ2) is 7.05. The van der Waals surface area contributed by atoms with Gasteiger partial charge in [-0.05, 0) is 24.3 Å². The molecule has 5 nitrogen and oxygen atoms in total. The molecule has 148 valence electrons. The Morgan fingerprint density at radius 1 is 0.966 bits per heavy atom. The molecule has 0 unspecified atom stereocenters. The van der Waals surface area contributed by atoms with Crippen molar-refractivity contribution in [3.63, 3.8) is 0 Å². The largest absolute Gasteiger partial charge is 0.417 e. The first-order valence-corrected chi connectivity index (χ1v) is 9.12. The normalized spacial score (nSPS) is 11.9. The van der Waals surface area contributed by atoms with E-state index in [0.717, 1.165) is 10.7 Å². The number of nitrogens with two attached hydrogens (primary N) is 1. The lowest BCUT2D eigenvalue weighted by molar-refractivity contribution is -0.136. The van der Waals surface area contributed by atoms with Crippen LogP contribution in [-0.2, 0) is 6.18 Å². The summed E-state index contributed by atoms with van der Waals surface area (Å²) in [6.07, 6.45) is -3.41. The molecular weight excluding hydrogens is 450 g/mol. The first kappa shape index (κ1) is 19.8. The number of aromatic nitrogens is 4. The van der Waals surface area contributed by atoms with Crippen LogP contribution in [0.25, 0.3) is 28.1 Å². The zero-order valence-electron chi connectivity index (χ0n) is 14.2. The Hall–Kier alpha value is -2.55. The van der Waals surface area contributed by atoms with Crippen LogP contribution in [0, 0.1) is 0 Å². The molecule has 0 atom stereocenters. The van der Waals surface area contributed by atoms with E-state index in [1.807, 2.05) is 0 Å². The number of rotatable bonds is 2. The van der Waals surface area contributed by atoms with Crippen molar-refractivity contribution >= 4 is 51.7 Å². The molecule has 2 N–H and O–H groups in total. The van der Waals surface area contributed by atoms with Gasteiger partial charge in [0.2, 0.25) is 0 Å². The van der Waals surface area contributed by atoms with Gasteiger partial charge in [0.1, 0.15) is 5.82 Å². The number of nitrogens with zero attached hydrogens (tertiary/aromatic N) is 4. The highest BCUT2D eigenvalue weighted by molar-refractivity contribution is 6.35. The highest BCUT2D eigenvalue weighted by Gasteiger charge is 2.36. The van der Waals surface area contributed by atoms with E-state index in [1.54, 1.807) is 24.3 Å². The van der Waals surface area contributed by atoms with Crippen molar-refractivity contribution in [1.82, 2.24) is 19.7 Å². The summed E-state index contributed by atoms with van der Waals surface area (Å²) in [5, 5.41) is 4.55. The maximum absolute atomic E-state index is 13.8. The second-order valence-electron chi connectivity index (χ2n) is 6.01. The molecule has 4 rings (SSSR count). The first-order chi connectivity index (χ1) is 13.6. The van der Waals surface area contributed by atoms with Gasteiger partial charge in [-0.3, -0.25) is 0 Å². The Morgan fingerprint density at radius 2 is 1.66 bits per heavy atom. The maximum atomic E-state index is 13.8. The summed E-state index contributed by atoms with van der Waals surface area (Å²) < 4.78 is 42.4. The van der Waals surface area contributed by atoms with E-state index in [9.17, 15) is 13.2 Å². The summed E-state index contributed by atoms with van der Waals surface area (Å²) in [6.45, 7) is 0. The quantitative estimate of drug-likeness (QED) is 0.397. The van der Waals surface area contributed by atoms with Crippen molar-refractivity contribution in [2.45, 2.75) is 6.18 Å². The highest BCUT2D eigenvalue weighted by Crippen LogP contribution is 2.40. The van der Waals surface area contributed by atoms with E-state index in [1.165, 1.54) is 12.3 Å². The third-order valence-corrected chi connectivity index (χ3v) is 4.85. The Balaban J connectivity index is 2.01. The van der Waals surface area contributed by atoms with Gasteiger partial charge in [0.05, 0.1) is 26.7 Å². The van der Waals surface area contributed by atoms with E-state index in [4.69, 9.17) is 40.5 Å². The van der Waals surface area contributed by atoms with E-state index >= 15 is 0 Å². The Kier molecular flexibility index (Phi) is 4.80. The minimum atomic E-state index is -4.69. The standard InChI is InChI=1S/C18H9Cl3F3N5/c19-9-3-1-8(2-4-9)13-6-11(18(22,23)24)14-15(25)29(28-16(14)27-13)17-12(21)5-10(20)7-26-17/h1-7H,25H2. The monoisotopic (exact) mass is 457 g/mol. The molecule has 0 spiro atoms. The van der Waals surface area contributed by atoms with Crippen LogP contribution in [-0.4, -0.2) is 19.7 Å². The zero-order valence-corrected chi connectivity index (χ0v) is 16.4. The minimum Gasteiger partial charge on any atom is -0.383 e. The van der Waals surface area contributed by atoms with Crippen LogP contribution in [0.4, 0.5) is 19.0 Å². The number of hydrogen-bond donors (Lipinski definition) is 1. The molecule has 0 radical (unpaired) electrons. The van der Waals surface area contributed by atoms with Gasteiger partial charge in [0.15, 0.2) is 11.5 Å². The lowest BCUT2D eigenvalue weighted by Crippen LogP contribution is -2.08. The van der Waals surface area contributed by atoms with Gasteiger partial charge in [-0.15, -0.1) is 5.10 Å². The average molecular weight is 459 g/mol. The van der Waals surface area contributed by atoms with Gasteiger partial charge in [0.25, 0.3) is 0 Å². The van der Waals surface area contributed by atoms with Crippen molar-refractivity contribution in [1.29, 1.82) is 0 Å². The highest BCUT2D eigenvalue weighted by atomic mass is 35.5. The second-order valence-corrected chi connectivity index (χ2v) is 7.29. The number of benzene rings is 1. The lowest BCUT2D eigenvalue weighted by Gasteiger charge is -2.11. The zero-order chi connectivity index (χ0) is 20.9. The third-order valence-electron chi connectivity index (χ3n) is 4.11. The van der Waals surface area contributed by atoms with Gasteiger partial charge >= 0.3 is 6.18 Å². The molecule has 4 aromatic rings. The smallest absolute Gasteiger partial charge is 0.383 e. The molecule has 3 aromatic heterocycles. The predicted octanol–water partition coefficient (Wildman–Crippen LogP) is 6.04. The van der Waals surface area contributed by atoms with Crippen molar-refractivity contribution in [2.75, 3.05) is 5.73 Å². The van der Waals surface area contributed by atoms with Crippen LogP contribution in [0.5, 0.6) is 0 Å². The molecule has 11 heteroatoms. The van der Waals surface area contributed by atoms with Crippen molar-refractivity contribution in [3.05, 3.63) is 63.2 Å². The fourth-order valence-electron chi connectivity index (χ4n) is 2.83. The number of alkyl halides is 3. The van der Waals surface area contributed by atoms with Gasteiger partial charge in [0, 0.05) is 16.8 Å². The lowest BCUT2D eigenvalue weighted by atomic mass is 10.1. The van der Waals surface area contributed by atoms with Crippen LogP contribution in [0.15, 0.2) is 42.6 Å².